The van der Waals surface area contributed by atoms with E-state index in [1.54, 1.807) is 19.1 Å². The van der Waals surface area contributed by atoms with Crippen LogP contribution in [0.15, 0.2) is 24.3 Å². The van der Waals surface area contributed by atoms with Crippen molar-refractivity contribution in [3.63, 3.8) is 0 Å². The highest BCUT2D eigenvalue weighted by Gasteiger charge is 2.29. The third-order valence-electron chi connectivity index (χ3n) is 3.91. The van der Waals surface area contributed by atoms with Crippen molar-refractivity contribution in [2.24, 2.45) is 0 Å². The molecule has 4 nitrogen and oxygen atoms in total. The number of aliphatic hydroxyl groups is 1. The van der Waals surface area contributed by atoms with Crippen molar-refractivity contribution in [2.45, 2.75) is 51.2 Å². The second-order valence-electron chi connectivity index (χ2n) is 5.60. The molecule has 1 aromatic rings. The zero-order valence-corrected chi connectivity index (χ0v) is 12.0. The molecule has 1 aliphatic heterocycles. The van der Waals surface area contributed by atoms with Gasteiger partial charge in [0.15, 0.2) is 0 Å². The molecule has 0 bridgehead atoms. The molecule has 2 unspecified atom stereocenters. The molecule has 1 fully saturated rings. The lowest BCUT2D eigenvalue weighted by Gasteiger charge is -2.25. The number of para-hydroxylation sites is 1. The number of aryl methyl sites for hydroxylation is 1. The fourth-order valence-corrected chi connectivity index (χ4v) is 2.91. The Morgan fingerprint density at radius 1 is 1.45 bits per heavy atom. The Hall–Kier alpha value is -1.55. The van der Waals surface area contributed by atoms with Crippen LogP contribution >= 0.6 is 0 Å². The summed E-state index contributed by atoms with van der Waals surface area (Å²) in [7, 11) is 0. The van der Waals surface area contributed by atoms with Crippen LogP contribution in [-0.2, 0) is 11.2 Å². The van der Waals surface area contributed by atoms with Crippen LogP contribution in [0.1, 0.15) is 38.2 Å². The highest BCUT2D eigenvalue weighted by Crippen LogP contribution is 2.24. The predicted molar refractivity (Wildman–Crippen MR) is 77.5 cm³/mol. The van der Waals surface area contributed by atoms with Crippen LogP contribution in [0.2, 0.25) is 0 Å². The summed E-state index contributed by atoms with van der Waals surface area (Å²) in [4.78, 5) is 14.2. The molecule has 20 heavy (non-hydrogen) atoms. The standard InChI is InChI=1S/C16H23NO3/c1-12(18)11-14-6-4-10-17(14)16(20)9-8-13-5-2-3-7-15(13)19/h2-3,5,7,12,14,18-19H,4,6,8-11H2,1H3. The lowest BCUT2D eigenvalue weighted by atomic mass is 10.1. The quantitative estimate of drug-likeness (QED) is 0.866. The molecule has 0 spiro atoms. The monoisotopic (exact) mass is 277 g/mol. The Balaban J connectivity index is 1.90. The third kappa shape index (κ3) is 3.73. The van der Waals surface area contributed by atoms with Gasteiger partial charge < -0.3 is 15.1 Å². The minimum atomic E-state index is -0.369. The van der Waals surface area contributed by atoms with E-state index in [0.717, 1.165) is 24.9 Å². The van der Waals surface area contributed by atoms with Crippen LogP contribution in [0.25, 0.3) is 0 Å². The average molecular weight is 277 g/mol. The number of benzene rings is 1. The second-order valence-corrected chi connectivity index (χ2v) is 5.60. The molecule has 1 heterocycles. The predicted octanol–water partition coefficient (Wildman–Crippen LogP) is 2.09. The fourth-order valence-electron chi connectivity index (χ4n) is 2.91. The summed E-state index contributed by atoms with van der Waals surface area (Å²) in [6, 6.07) is 7.31. The van der Waals surface area contributed by atoms with E-state index < -0.39 is 0 Å². The Labute approximate surface area is 120 Å². The van der Waals surface area contributed by atoms with Crippen molar-refractivity contribution in [1.82, 2.24) is 4.90 Å². The summed E-state index contributed by atoms with van der Waals surface area (Å²) in [6.45, 7) is 2.56. The van der Waals surface area contributed by atoms with Crippen LogP contribution in [0.3, 0.4) is 0 Å². The number of amides is 1. The van der Waals surface area contributed by atoms with E-state index in [1.165, 1.54) is 0 Å². The molecule has 1 aliphatic rings. The van der Waals surface area contributed by atoms with Crippen LogP contribution < -0.4 is 0 Å². The zero-order valence-electron chi connectivity index (χ0n) is 12.0. The van der Waals surface area contributed by atoms with Crippen LogP contribution in [-0.4, -0.2) is 39.7 Å². The topological polar surface area (TPSA) is 60.8 Å². The maximum absolute atomic E-state index is 12.3. The number of phenols is 1. The highest BCUT2D eigenvalue weighted by molar-refractivity contribution is 5.77. The molecule has 1 saturated heterocycles. The maximum Gasteiger partial charge on any atom is 0.223 e. The van der Waals surface area contributed by atoms with Gasteiger partial charge in [0.05, 0.1) is 6.10 Å². The molecule has 1 aromatic carbocycles. The smallest absolute Gasteiger partial charge is 0.223 e. The Morgan fingerprint density at radius 2 is 2.20 bits per heavy atom. The van der Waals surface area contributed by atoms with E-state index in [2.05, 4.69) is 0 Å². The number of likely N-dealkylation sites (tertiary alicyclic amines) is 1. The first-order chi connectivity index (χ1) is 9.58. The maximum atomic E-state index is 12.3. The summed E-state index contributed by atoms with van der Waals surface area (Å²) in [5, 5.41) is 19.2. The summed E-state index contributed by atoms with van der Waals surface area (Å²) >= 11 is 0. The summed E-state index contributed by atoms with van der Waals surface area (Å²) in [5.74, 6) is 0.374. The van der Waals surface area contributed by atoms with E-state index in [0.29, 0.717) is 19.3 Å². The molecule has 2 N–H and O–H groups in total. The number of aromatic hydroxyl groups is 1. The first kappa shape index (κ1) is 14.9. The number of hydrogen-bond acceptors (Lipinski definition) is 3. The van der Waals surface area contributed by atoms with Crippen molar-refractivity contribution in [3.8, 4) is 5.75 Å². The van der Waals surface area contributed by atoms with Gasteiger partial charge in [-0.15, -0.1) is 0 Å². The number of nitrogens with zero attached hydrogens (tertiary/aromatic N) is 1. The van der Waals surface area contributed by atoms with Crippen molar-refractivity contribution in [2.75, 3.05) is 6.54 Å². The minimum absolute atomic E-state index is 0.122. The van der Waals surface area contributed by atoms with Gasteiger partial charge in [0.1, 0.15) is 5.75 Å². The summed E-state index contributed by atoms with van der Waals surface area (Å²) < 4.78 is 0. The van der Waals surface area contributed by atoms with Gasteiger partial charge in [0.25, 0.3) is 0 Å². The van der Waals surface area contributed by atoms with Gasteiger partial charge in [0, 0.05) is 19.0 Å². The van der Waals surface area contributed by atoms with Gasteiger partial charge in [-0.2, -0.15) is 0 Å². The van der Waals surface area contributed by atoms with Crippen LogP contribution in [0.5, 0.6) is 5.75 Å². The fraction of sp³-hybridized carbons (Fsp3) is 0.562. The highest BCUT2D eigenvalue weighted by atomic mass is 16.3. The molecule has 4 heteroatoms. The molecule has 1 amide bonds. The van der Waals surface area contributed by atoms with Crippen molar-refractivity contribution < 1.29 is 15.0 Å². The summed E-state index contributed by atoms with van der Waals surface area (Å²) in [6.07, 6.45) is 3.25. The Kier molecular flexibility index (Phi) is 5.01. The number of carbonyl (C=O) groups is 1. The lowest BCUT2D eigenvalue weighted by molar-refractivity contribution is -0.132. The van der Waals surface area contributed by atoms with Gasteiger partial charge in [-0.3, -0.25) is 4.79 Å². The van der Waals surface area contributed by atoms with E-state index in [9.17, 15) is 15.0 Å². The van der Waals surface area contributed by atoms with Crippen molar-refractivity contribution in [1.29, 1.82) is 0 Å². The van der Waals surface area contributed by atoms with Gasteiger partial charge in [-0.25, -0.2) is 0 Å². The molecule has 0 saturated carbocycles. The zero-order chi connectivity index (χ0) is 14.5. The molecular formula is C16H23NO3. The van der Waals surface area contributed by atoms with Gasteiger partial charge in [-0.1, -0.05) is 18.2 Å². The molecule has 0 aromatic heterocycles. The first-order valence-electron chi connectivity index (χ1n) is 7.32. The largest absolute Gasteiger partial charge is 0.508 e. The molecule has 2 atom stereocenters. The second kappa shape index (κ2) is 6.75. The molecule has 0 radical (unpaired) electrons. The van der Waals surface area contributed by atoms with E-state index in [-0.39, 0.29) is 23.8 Å². The number of rotatable bonds is 5. The molecule has 0 aliphatic carbocycles. The number of phenolic OH excluding ortho intramolecular Hbond substituents is 1. The number of carbonyl (C=O) groups excluding carboxylic acids is 1. The van der Waals surface area contributed by atoms with Gasteiger partial charge in [0.2, 0.25) is 5.91 Å². The van der Waals surface area contributed by atoms with Crippen LogP contribution in [0, 0.1) is 0 Å². The Morgan fingerprint density at radius 3 is 2.90 bits per heavy atom. The normalized spacial score (nSPS) is 20.1. The minimum Gasteiger partial charge on any atom is -0.508 e. The third-order valence-corrected chi connectivity index (χ3v) is 3.91. The Bertz CT molecular complexity index is 459. The molecule has 110 valence electrons. The van der Waals surface area contributed by atoms with Crippen molar-refractivity contribution in [3.05, 3.63) is 29.8 Å². The van der Waals surface area contributed by atoms with E-state index in [4.69, 9.17) is 0 Å². The van der Waals surface area contributed by atoms with Crippen molar-refractivity contribution >= 4 is 5.91 Å². The SMILES string of the molecule is CC(O)CC1CCCN1C(=O)CCc1ccccc1O. The van der Waals surface area contributed by atoms with E-state index in [1.807, 2.05) is 17.0 Å². The number of hydrogen-bond donors (Lipinski definition) is 2. The van der Waals surface area contributed by atoms with Gasteiger partial charge >= 0.3 is 0 Å². The summed E-state index contributed by atoms with van der Waals surface area (Å²) in [5.41, 5.74) is 0.812. The van der Waals surface area contributed by atoms with Crippen LogP contribution in [0.4, 0.5) is 0 Å². The molecular weight excluding hydrogens is 254 g/mol. The van der Waals surface area contributed by atoms with Gasteiger partial charge in [-0.05, 0) is 44.2 Å². The lowest BCUT2D eigenvalue weighted by Crippen LogP contribution is -2.37. The number of aliphatic hydroxyl groups excluding tert-OH is 1. The molecule has 2 rings (SSSR count). The van der Waals surface area contributed by atoms with E-state index >= 15 is 0 Å². The average Bonchev–Trinajstić information content (AvgIpc) is 2.85. The first-order valence-corrected chi connectivity index (χ1v) is 7.32.